The maximum atomic E-state index is 13.3. The van der Waals surface area contributed by atoms with Gasteiger partial charge in [0.25, 0.3) is 17.8 Å². The van der Waals surface area contributed by atoms with Gasteiger partial charge in [-0.1, -0.05) is 0 Å². The summed E-state index contributed by atoms with van der Waals surface area (Å²) in [7, 11) is 0. The molecule has 2 aromatic rings. The molecule has 2 aromatic heterocycles. The smallest absolute Gasteiger partial charge is 0.273 e. The van der Waals surface area contributed by atoms with E-state index in [-0.39, 0.29) is 24.5 Å². The molecule has 0 unspecified atom stereocenters. The van der Waals surface area contributed by atoms with E-state index in [9.17, 15) is 27.5 Å². The van der Waals surface area contributed by atoms with Crippen LogP contribution in [0, 0.1) is 23.5 Å². The number of anilines is 1. The molecule has 0 fully saturated rings. The van der Waals surface area contributed by atoms with Crippen LogP contribution in [0.1, 0.15) is 10.5 Å². The summed E-state index contributed by atoms with van der Waals surface area (Å²) >= 11 is 0. The molecule has 0 aliphatic heterocycles. The molecule has 0 bridgehead atoms. The lowest BCUT2D eigenvalue weighted by Gasteiger charge is -2.10. The first-order valence-corrected chi connectivity index (χ1v) is 6.28. The Kier molecular flexibility index (Phi) is 4.94. The van der Waals surface area contributed by atoms with E-state index >= 15 is 0 Å². The first-order valence-electron chi connectivity index (χ1n) is 6.28. The molecular formula is C13H10F4N4O2. The third-order valence-corrected chi connectivity index (χ3v) is 2.71. The van der Waals surface area contributed by atoms with Gasteiger partial charge in [0.15, 0.2) is 5.69 Å². The van der Waals surface area contributed by atoms with E-state index in [2.05, 4.69) is 20.6 Å². The van der Waals surface area contributed by atoms with Crippen LogP contribution in [0.25, 0.3) is 0 Å². The molecule has 10 heteroatoms. The lowest BCUT2D eigenvalue weighted by Crippen LogP contribution is -2.29. The van der Waals surface area contributed by atoms with Gasteiger partial charge in [-0.15, -0.1) is 0 Å². The zero-order valence-electron chi connectivity index (χ0n) is 11.4. The molecule has 3 N–H and O–H groups in total. The molecule has 0 radical (unpaired) electrons. The average Bonchev–Trinajstić information content (AvgIpc) is 2.52. The Morgan fingerprint density at radius 3 is 2.39 bits per heavy atom. The maximum absolute atomic E-state index is 13.3. The van der Waals surface area contributed by atoms with Gasteiger partial charge in [0.05, 0.1) is 0 Å². The number of nitrogens with one attached hydrogen (secondary N) is 2. The number of halogens is 4. The fourth-order valence-electron chi connectivity index (χ4n) is 1.66. The second-order valence-corrected chi connectivity index (χ2v) is 4.25. The van der Waals surface area contributed by atoms with E-state index in [1.807, 2.05) is 0 Å². The van der Waals surface area contributed by atoms with Crippen LogP contribution in [0.2, 0.25) is 0 Å². The zero-order valence-corrected chi connectivity index (χ0v) is 11.4. The lowest BCUT2D eigenvalue weighted by atomic mass is 10.3. The molecule has 23 heavy (non-hydrogen) atoms. The standard InChI is InChI=1S/C13H10F4N4O2/c14-7-10(8(15)12(17)21-11(7)16)19-4-5-20-13(23)9-6(22)2-1-3-18-9/h1-3,22H,4-5H2,(H,19,21)(H,20,23). The fourth-order valence-corrected chi connectivity index (χ4v) is 1.66. The summed E-state index contributed by atoms with van der Waals surface area (Å²) in [6.45, 7) is -0.393. The van der Waals surface area contributed by atoms with Gasteiger partial charge in [-0.2, -0.15) is 22.5 Å². The van der Waals surface area contributed by atoms with Crippen LogP contribution >= 0.6 is 0 Å². The molecule has 0 atom stereocenters. The molecule has 2 heterocycles. The number of pyridine rings is 2. The Labute approximate surface area is 127 Å². The van der Waals surface area contributed by atoms with Crippen LogP contribution in [-0.4, -0.2) is 34.1 Å². The Balaban J connectivity index is 1.94. The molecule has 0 aliphatic rings. The van der Waals surface area contributed by atoms with Gasteiger partial charge in [0.2, 0.25) is 11.6 Å². The molecule has 2 rings (SSSR count). The Bertz CT molecular complexity index is 716. The van der Waals surface area contributed by atoms with Crippen molar-refractivity contribution in [2.45, 2.75) is 0 Å². The molecule has 0 aromatic carbocycles. The molecule has 0 saturated carbocycles. The van der Waals surface area contributed by atoms with E-state index in [0.717, 1.165) is 0 Å². The highest BCUT2D eigenvalue weighted by Crippen LogP contribution is 2.21. The first-order chi connectivity index (χ1) is 10.9. The quantitative estimate of drug-likeness (QED) is 0.440. The Morgan fingerprint density at radius 1 is 1.13 bits per heavy atom. The minimum Gasteiger partial charge on any atom is -0.505 e. The molecule has 0 spiro atoms. The predicted molar refractivity (Wildman–Crippen MR) is 70.8 cm³/mol. The van der Waals surface area contributed by atoms with E-state index < -0.39 is 35.1 Å². The Hall–Kier alpha value is -2.91. The summed E-state index contributed by atoms with van der Waals surface area (Å²) in [6, 6.07) is 2.68. The van der Waals surface area contributed by atoms with Crippen LogP contribution in [0.5, 0.6) is 5.75 Å². The number of aromatic nitrogens is 2. The number of nitrogens with zero attached hydrogens (tertiary/aromatic N) is 2. The lowest BCUT2D eigenvalue weighted by molar-refractivity contribution is 0.0947. The fraction of sp³-hybridized carbons (Fsp3) is 0.154. The van der Waals surface area contributed by atoms with Crippen molar-refractivity contribution in [3.05, 3.63) is 47.6 Å². The summed E-state index contributed by atoms with van der Waals surface area (Å²) in [4.78, 5) is 17.7. The van der Waals surface area contributed by atoms with Crippen molar-refractivity contribution in [3.8, 4) is 5.75 Å². The monoisotopic (exact) mass is 330 g/mol. The summed E-state index contributed by atoms with van der Waals surface area (Å²) in [5.74, 6) is -7.97. The van der Waals surface area contributed by atoms with Gasteiger partial charge in [-0.25, -0.2) is 4.98 Å². The summed E-state index contributed by atoms with van der Waals surface area (Å²) in [5, 5.41) is 13.8. The highest BCUT2D eigenvalue weighted by Gasteiger charge is 2.20. The van der Waals surface area contributed by atoms with Crippen LogP contribution in [0.15, 0.2) is 18.3 Å². The van der Waals surface area contributed by atoms with Crippen molar-refractivity contribution in [1.29, 1.82) is 0 Å². The largest absolute Gasteiger partial charge is 0.505 e. The van der Waals surface area contributed by atoms with Crippen LogP contribution < -0.4 is 10.6 Å². The maximum Gasteiger partial charge on any atom is 0.273 e. The number of hydrogen-bond donors (Lipinski definition) is 3. The normalized spacial score (nSPS) is 10.4. The highest BCUT2D eigenvalue weighted by molar-refractivity contribution is 5.94. The molecule has 6 nitrogen and oxygen atoms in total. The van der Waals surface area contributed by atoms with Gasteiger partial charge in [0, 0.05) is 19.3 Å². The minimum atomic E-state index is -1.78. The average molecular weight is 330 g/mol. The number of carbonyl (C=O) groups is 1. The molecule has 0 aliphatic carbocycles. The van der Waals surface area contributed by atoms with Crippen molar-refractivity contribution in [1.82, 2.24) is 15.3 Å². The van der Waals surface area contributed by atoms with Gasteiger partial charge in [0.1, 0.15) is 11.4 Å². The Morgan fingerprint density at radius 2 is 1.78 bits per heavy atom. The SMILES string of the molecule is O=C(NCCNc1c(F)c(F)nc(F)c1F)c1ncccc1O. The number of hydrogen-bond acceptors (Lipinski definition) is 5. The van der Waals surface area contributed by atoms with Crippen molar-refractivity contribution in [2.24, 2.45) is 0 Å². The van der Waals surface area contributed by atoms with E-state index in [0.29, 0.717) is 0 Å². The van der Waals surface area contributed by atoms with E-state index in [4.69, 9.17) is 0 Å². The van der Waals surface area contributed by atoms with Crippen LogP contribution in [0.3, 0.4) is 0 Å². The topological polar surface area (TPSA) is 87.1 Å². The third kappa shape index (κ3) is 3.65. The molecule has 1 amide bonds. The van der Waals surface area contributed by atoms with Gasteiger partial charge in [-0.05, 0) is 12.1 Å². The predicted octanol–water partition coefficient (Wildman–Crippen LogP) is 1.58. The first kappa shape index (κ1) is 16.5. The molecule has 0 saturated heterocycles. The summed E-state index contributed by atoms with van der Waals surface area (Å²) in [6.07, 6.45) is 1.29. The summed E-state index contributed by atoms with van der Waals surface area (Å²) < 4.78 is 52.4. The highest BCUT2D eigenvalue weighted by atomic mass is 19.2. The number of carbonyl (C=O) groups excluding carboxylic acids is 1. The van der Waals surface area contributed by atoms with E-state index in [1.165, 1.54) is 18.3 Å². The van der Waals surface area contributed by atoms with Gasteiger partial charge in [-0.3, -0.25) is 4.79 Å². The summed E-state index contributed by atoms with van der Waals surface area (Å²) in [5.41, 5.74) is -1.25. The molecule has 122 valence electrons. The third-order valence-electron chi connectivity index (χ3n) is 2.71. The van der Waals surface area contributed by atoms with Gasteiger partial charge >= 0.3 is 0 Å². The zero-order chi connectivity index (χ0) is 17.0. The van der Waals surface area contributed by atoms with Crippen molar-refractivity contribution < 1.29 is 27.5 Å². The second-order valence-electron chi connectivity index (χ2n) is 4.25. The van der Waals surface area contributed by atoms with Crippen molar-refractivity contribution >= 4 is 11.6 Å². The van der Waals surface area contributed by atoms with Crippen molar-refractivity contribution in [2.75, 3.05) is 18.4 Å². The van der Waals surface area contributed by atoms with Crippen LogP contribution in [-0.2, 0) is 0 Å². The minimum absolute atomic E-state index is 0.153. The van der Waals surface area contributed by atoms with E-state index in [1.54, 1.807) is 0 Å². The molecular weight excluding hydrogens is 320 g/mol. The number of amides is 1. The van der Waals surface area contributed by atoms with Crippen LogP contribution in [0.4, 0.5) is 23.2 Å². The number of rotatable bonds is 5. The van der Waals surface area contributed by atoms with Gasteiger partial charge < -0.3 is 15.7 Å². The number of aromatic hydroxyl groups is 1. The second kappa shape index (κ2) is 6.90. The van der Waals surface area contributed by atoms with Crippen molar-refractivity contribution in [3.63, 3.8) is 0 Å².